The van der Waals surface area contributed by atoms with Gasteiger partial charge in [-0.25, -0.2) is 4.39 Å². The highest BCUT2D eigenvalue weighted by molar-refractivity contribution is 7.99. The van der Waals surface area contributed by atoms with Crippen molar-refractivity contribution in [1.29, 1.82) is 0 Å². The number of hydrogen-bond donors (Lipinski definition) is 2. The van der Waals surface area contributed by atoms with E-state index in [1.54, 1.807) is 0 Å². The summed E-state index contributed by atoms with van der Waals surface area (Å²) in [4.78, 5) is 11.6. The number of thioether (sulfide) groups is 1. The number of anilines is 1. The third-order valence-electron chi connectivity index (χ3n) is 2.15. The summed E-state index contributed by atoms with van der Waals surface area (Å²) in [5.41, 5.74) is 6.10. The van der Waals surface area contributed by atoms with Crippen molar-refractivity contribution in [3.63, 3.8) is 0 Å². The Morgan fingerprint density at radius 1 is 1.61 bits per heavy atom. The summed E-state index contributed by atoms with van der Waals surface area (Å²) in [6.45, 7) is 1.93. The van der Waals surface area contributed by atoms with Gasteiger partial charge in [-0.3, -0.25) is 4.79 Å². The quantitative estimate of drug-likeness (QED) is 0.792. The second kappa shape index (κ2) is 7.61. The molecule has 18 heavy (non-hydrogen) atoms. The van der Waals surface area contributed by atoms with E-state index in [0.29, 0.717) is 11.4 Å². The average Bonchev–Trinajstić information content (AvgIpc) is 2.29. The SMILES string of the molecule is CC(N)CCSCC(=O)Nc1ccc(F)c(Cl)c1. The zero-order valence-corrected chi connectivity index (χ0v) is 11.7. The van der Waals surface area contributed by atoms with Crippen LogP contribution >= 0.6 is 23.4 Å². The molecule has 0 aliphatic carbocycles. The van der Waals surface area contributed by atoms with Crippen LogP contribution in [0.15, 0.2) is 18.2 Å². The summed E-state index contributed by atoms with van der Waals surface area (Å²) >= 11 is 7.13. The fourth-order valence-corrected chi connectivity index (χ4v) is 2.33. The van der Waals surface area contributed by atoms with Gasteiger partial charge in [0, 0.05) is 11.7 Å². The molecule has 0 saturated carbocycles. The summed E-state index contributed by atoms with van der Waals surface area (Å²) in [5.74, 6) is 0.560. The largest absolute Gasteiger partial charge is 0.328 e. The Hall–Kier alpha value is -0.780. The Morgan fingerprint density at radius 2 is 2.33 bits per heavy atom. The summed E-state index contributed by atoms with van der Waals surface area (Å²) in [5, 5.41) is 2.65. The predicted octanol–water partition coefficient (Wildman–Crippen LogP) is 2.89. The lowest BCUT2D eigenvalue weighted by Gasteiger charge is -2.07. The van der Waals surface area contributed by atoms with Crippen molar-refractivity contribution in [2.45, 2.75) is 19.4 Å². The summed E-state index contributed by atoms with van der Waals surface area (Å²) in [6, 6.07) is 4.24. The normalized spacial score (nSPS) is 12.2. The van der Waals surface area contributed by atoms with Crippen molar-refractivity contribution in [2.24, 2.45) is 5.73 Å². The van der Waals surface area contributed by atoms with Crippen LogP contribution < -0.4 is 11.1 Å². The van der Waals surface area contributed by atoms with Gasteiger partial charge in [-0.05, 0) is 37.3 Å². The second-order valence-corrected chi connectivity index (χ2v) is 5.51. The number of nitrogens with one attached hydrogen (secondary N) is 1. The summed E-state index contributed by atoms with van der Waals surface area (Å²) in [7, 11) is 0. The summed E-state index contributed by atoms with van der Waals surface area (Å²) < 4.78 is 12.9. The maximum atomic E-state index is 12.9. The minimum atomic E-state index is -0.499. The van der Waals surface area contributed by atoms with Crippen molar-refractivity contribution < 1.29 is 9.18 Å². The van der Waals surface area contributed by atoms with Crippen LogP contribution in [0.3, 0.4) is 0 Å². The van der Waals surface area contributed by atoms with Gasteiger partial charge in [0.2, 0.25) is 5.91 Å². The first-order valence-electron chi connectivity index (χ1n) is 5.57. The standard InChI is InChI=1S/C12H16ClFN2OS/c1-8(15)4-5-18-7-12(17)16-9-2-3-11(14)10(13)6-9/h2-3,6,8H,4-5,7,15H2,1H3,(H,16,17). The molecule has 1 rings (SSSR count). The molecule has 0 bridgehead atoms. The molecule has 0 heterocycles. The van der Waals surface area contributed by atoms with Crippen molar-refractivity contribution in [1.82, 2.24) is 0 Å². The molecule has 0 aromatic heterocycles. The molecule has 1 unspecified atom stereocenters. The first kappa shape index (κ1) is 15.3. The van der Waals surface area contributed by atoms with E-state index >= 15 is 0 Å². The maximum absolute atomic E-state index is 12.9. The van der Waals surface area contributed by atoms with Crippen LogP contribution in [0, 0.1) is 5.82 Å². The molecule has 0 spiro atoms. The second-order valence-electron chi connectivity index (χ2n) is 4.00. The van der Waals surface area contributed by atoms with E-state index in [0.717, 1.165) is 12.2 Å². The molecule has 1 aromatic carbocycles. The van der Waals surface area contributed by atoms with Gasteiger partial charge in [-0.2, -0.15) is 11.8 Å². The van der Waals surface area contributed by atoms with Crippen LogP contribution in [0.5, 0.6) is 0 Å². The lowest BCUT2D eigenvalue weighted by Crippen LogP contribution is -2.17. The molecule has 6 heteroatoms. The zero-order chi connectivity index (χ0) is 13.5. The minimum Gasteiger partial charge on any atom is -0.328 e. The number of hydrogen-bond acceptors (Lipinski definition) is 3. The smallest absolute Gasteiger partial charge is 0.234 e. The monoisotopic (exact) mass is 290 g/mol. The lowest BCUT2D eigenvalue weighted by atomic mass is 10.3. The number of amides is 1. The molecule has 3 N–H and O–H groups in total. The molecule has 0 aliphatic rings. The van der Waals surface area contributed by atoms with E-state index in [-0.39, 0.29) is 17.0 Å². The fraction of sp³-hybridized carbons (Fsp3) is 0.417. The van der Waals surface area contributed by atoms with Gasteiger partial charge in [0.15, 0.2) is 0 Å². The summed E-state index contributed by atoms with van der Waals surface area (Å²) in [6.07, 6.45) is 0.875. The Bertz CT molecular complexity index is 415. The molecular formula is C12H16ClFN2OS. The maximum Gasteiger partial charge on any atom is 0.234 e. The van der Waals surface area contributed by atoms with Crippen molar-refractivity contribution in [3.05, 3.63) is 29.0 Å². The van der Waals surface area contributed by atoms with Crippen LogP contribution in [-0.4, -0.2) is 23.5 Å². The molecule has 3 nitrogen and oxygen atoms in total. The topological polar surface area (TPSA) is 55.1 Å². The van der Waals surface area contributed by atoms with Crippen LogP contribution in [0.1, 0.15) is 13.3 Å². The van der Waals surface area contributed by atoms with Crippen LogP contribution in [-0.2, 0) is 4.79 Å². The van der Waals surface area contributed by atoms with Crippen LogP contribution in [0.25, 0.3) is 0 Å². The van der Waals surface area contributed by atoms with Gasteiger partial charge in [-0.15, -0.1) is 0 Å². The number of carbonyl (C=O) groups is 1. The first-order chi connectivity index (χ1) is 8.49. The van der Waals surface area contributed by atoms with Gasteiger partial charge >= 0.3 is 0 Å². The van der Waals surface area contributed by atoms with Crippen molar-refractivity contribution >= 4 is 35.0 Å². The van der Waals surface area contributed by atoms with E-state index < -0.39 is 5.82 Å². The Labute approximate surface area is 115 Å². The number of rotatable bonds is 6. The van der Waals surface area contributed by atoms with E-state index in [1.165, 1.54) is 30.0 Å². The van der Waals surface area contributed by atoms with E-state index in [1.807, 2.05) is 6.92 Å². The number of halogens is 2. The number of nitrogens with two attached hydrogens (primary N) is 1. The molecule has 100 valence electrons. The van der Waals surface area contributed by atoms with Gasteiger partial charge in [0.25, 0.3) is 0 Å². The van der Waals surface area contributed by atoms with E-state index in [4.69, 9.17) is 17.3 Å². The Morgan fingerprint density at radius 3 is 2.94 bits per heavy atom. The third-order valence-corrected chi connectivity index (χ3v) is 3.43. The lowest BCUT2D eigenvalue weighted by molar-refractivity contribution is -0.113. The highest BCUT2D eigenvalue weighted by Crippen LogP contribution is 2.19. The Kier molecular flexibility index (Phi) is 6.46. The minimum absolute atomic E-state index is 0.00240. The van der Waals surface area contributed by atoms with Gasteiger partial charge in [-0.1, -0.05) is 11.6 Å². The molecule has 0 saturated heterocycles. The number of carbonyl (C=O) groups excluding carboxylic acids is 1. The molecular weight excluding hydrogens is 275 g/mol. The molecule has 1 aromatic rings. The zero-order valence-electron chi connectivity index (χ0n) is 10.1. The fourth-order valence-electron chi connectivity index (χ4n) is 1.21. The highest BCUT2D eigenvalue weighted by atomic mass is 35.5. The van der Waals surface area contributed by atoms with E-state index in [9.17, 15) is 9.18 Å². The Balaban J connectivity index is 2.33. The van der Waals surface area contributed by atoms with Crippen molar-refractivity contribution in [2.75, 3.05) is 16.8 Å². The first-order valence-corrected chi connectivity index (χ1v) is 7.10. The van der Waals surface area contributed by atoms with Gasteiger partial charge in [0.05, 0.1) is 10.8 Å². The van der Waals surface area contributed by atoms with Crippen LogP contribution in [0.4, 0.5) is 10.1 Å². The van der Waals surface area contributed by atoms with E-state index in [2.05, 4.69) is 5.32 Å². The molecule has 1 atom stereocenters. The van der Waals surface area contributed by atoms with Crippen LogP contribution in [0.2, 0.25) is 5.02 Å². The van der Waals surface area contributed by atoms with Gasteiger partial charge < -0.3 is 11.1 Å². The number of benzene rings is 1. The molecule has 0 radical (unpaired) electrons. The predicted molar refractivity (Wildman–Crippen MR) is 75.6 cm³/mol. The molecule has 0 fully saturated rings. The third kappa shape index (κ3) is 5.71. The van der Waals surface area contributed by atoms with Crippen molar-refractivity contribution in [3.8, 4) is 0 Å². The van der Waals surface area contributed by atoms with Gasteiger partial charge in [0.1, 0.15) is 5.82 Å². The average molecular weight is 291 g/mol. The molecule has 1 amide bonds. The molecule has 0 aliphatic heterocycles. The highest BCUT2D eigenvalue weighted by Gasteiger charge is 2.05.